The molecule has 2 aromatic carbocycles. The maximum absolute atomic E-state index is 13.4. The predicted molar refractivity (Wildman–Crippen MR) is 86.3 cm³/mol. The van der Waals surface area contributed by atoms with Crippen molar-refractivity contribution in [3.8, 4) is 0 Å². The van der Waals surface area contributed by atoms with Crippen LogP contribution in [0.15, 0.2) is 59.1 Å². The van der Waals surface area contributed by atoms with Crippen LogP contribution < -0.4 is 5.32 Å². The molecular weight excluding hydrogens is 333 g/mol. The molecule has 0 spiro atoms. The van der Waals surface area contributed by atoms with Crippen molar-refractivity contribution in [1.29, 1.82) is 0 Å². The molecule has 1 N–H and O–H groups in total. The van der Waals surface area contributed by atoms with Crippen molar-refractivity contribution in [2.75, 3.05) is 6.54 Å². The number of halogens is 2. The molecule has 0 aromatic heterocycles. The van der Waals surface area contributed by atoms with E-state index in [0.717, 1.165) is 10.0 Å². The lowest BCUT2D eigenvalue weighted by Gasteiger charge is -2.03. The highest BCUT2D eigenvalue weighted by Gasteiger charge is 2.01. The van der Waals surface area contributed by atoms with Crippen LogP contribution in [0.1, 0.15) is 11.1 Å². The van der Waals surface area contributed by atoms with Crippen LogP contribution in [0, 0.1) is 5.82 Å². The van der Waals surface area contributed by atoms with Crippen LogP contribution in [0.3, 0.4) is 0 Å². The highest BCUT2D eigenvalue weighted by atomic mass is 79.9. The van der Waals surface area contributed by atoms with Crippen LogP contribution in [-0.4, -0.2) is 12.5 Å². The van der Waals surface area contributed by atoms with Crippen molar-refractivity contribution >= 4 is 27.9 Å². The lowest BCUT2D eigenvalue weighted by molar-refractivity contribution is -0.116. The SMILES string of the molecule is O=C(/C=C/c1ccc(Br)cc1)NCCc1ccccc1F. The first-order valence-corrected chi connectivity index (χ1v) is 7.39. The Morgan fingerprint density at radius 2 is 1.86 bits per heavy atom. The van der Waals surface area contributed by atoms with Gasteiger partial charge in [-0.3, -0.25) is 4.79 Å². The van der Waals surface area contributed by atoms with Crippen LogP contribution in [0.25, 0.3) is 6.08 Å². The number of hydrogen-bond acceptors (Lipinski definition) is 1. The molecule has 2 aromatic rings. The van der Waals surface area contributed by atoms with Gasteiger partial charge in [-0.15, -0.1) is 0 Å². The van der Waals surface area contributed by atoms with Crippen LogP contribution in [0.4, 0.5) is 4.39 Å². The molecule has 0 atom stereocenters. The standard InChI is InChI=1S/C17H15BrFNO/c18-15-8-5-13(6-9-15)7-10-17(21)20-12-11-14-3-1-2-4-16(14)19/h1-10H,11-12H2,(H,20,21)/b10-7+. The number of benzene rings is 2. The van der Waals surface area contributed by atoms with Crippen molar-refractivity contribution in [3.05, 3.63) is 76.0 Å². The molecule has 21 heavy (non-hydrogen) atoms. The van der Waals surface area contributed by atoms with E-state index in [1.807, 2.05) is 24.3 Å². The third-order valence-electron chi connectivity index (χ3n) is 2.95. The second kappa shape index (κ2) is 7.74. The zero-order valence-electron chi connectivity index (χ0n) is 11.4. The predicted octanol–water partition coefficient (Wildman–Crippen LogP) is 3.96. The number of carbonyl (C=O) groups excluding carboxylic acids is 1. The molecule has 0 aliphatic rings. The fourth-order valence-electron chi connectivity index (χ4n) is 1.83. The van der Waals surface area contributed by atoms with Gasteiger partial charge < -0.3 is 5.32 Å². The topological polar surface area (TPSA) is 29.1 Å². The minimum atomic E-state index is -0.239. The summed E-state index contributed by atoms with van der Waals surface area (Å²) in [6.45, 7) is 0.407. The first kappa shape index (κ1) is 15.4. The van der Waals surface area contributed by atoms with Gasteiger partial charge in [-0.1, -0.05) is 46.3 Å². The summed E-state index contributed by atoms with van der Waals surface area (Å²) in [5.41, 5.74) is 1.55. The summed E-state index contributed by atoms with van der Waals surface area (Å²) in [6, 6.07) is 14.2. The van der Waals surface area contributed by atoms with Crippen molar-refractivity contribution < 1.29 is 9.18 Å². The second-order valence-electron chi connectivity index (χ2n) is 4.52. The largest absolute Gasteiger partial charge is 0.352 e. The van der Waals surface area contributed by atoms with Gasteiger partial charge >= 0.3 is 0 Å². The lowest BCUT2D eigenvalue weighted by atomic mass is 10.1. The van der Waals surface area contributed by atoms with E-state index in [1.165, 1.54) is 12.1 Å². The molecule has 2 rings (SSSR count). The van der Waals surface area contributed by atoms with Gasteiger partial charge in [0.1, 0.15) is 5.82 Å². The van der Waals surface area contributed by atoms with Gasteiger partial charge in [0.25, 0.3) is 0 Å². The van der Waals surface area contributed by atoms with E-state index in [0.29, 0.717) is 18.5 Å². The van der Waals surface area contributed by atoms with Crippen LogP contribution >= 0.6 is 15.9 Å². The Bertz CT molecular complexity index is 637. The van der Waals surface area contributed by atoms with Crippen LogP contribution in [0.2, 0.25) is 0 Å². The molecule has 1 amide bonds. The van der Waals surface area contributed by atoms with Crippen LogP contribution in [0.5, 0.6) is 0 Å². The summed E-state index contributed by atoms with van der Waals surface area (Å²) in [6.07, 6.45) is 3.69. The zero-order valence-corrected chi connectivity index (χ0v) is 12.9. The van der Waals surface area contributed by atoms with E-state index in [2.05, 4.69) is 21.2 Å². The molecule has 0 unspecified atom stereocenters. The summed E-state index contributed by atoms with van der Waals surface area (Å²) < 4.78 is 14.4. The third kappa shape index (κ3) is 5.16. The Kier molecular flexibility index (Phi) is 5.69. The molecule has 4 heteroatoms. The van der Waals surface area contributed by atoms with Gasteiger partial charge in [0, 0.05) is 17.1 Å². The van der Waals surface area contributed by atoms with E-state index in [1.54, 1.807) is 24.3 Å². The van der Waals surface area contributed by atoms with Gasteiger partial charge in [0.05, 0.1) is 0 Å². The minimum absolute atomic E-state index is 0.186. The normalized spacial score (nSPS) is 10.8. The molecule has 0 bridgehead atoms. The number of rotatable bonds is 5. The highest BCUT2D eigenvalue weighted by Crippen LogP contribution is 2.11. The molecule has 2 nitrogen and oxygen atoms in total. The van der Waals surface area contributed by atoms with Gasteiger partial charge in [-0.05, 0) is 41.8 Å². The fraction of sp³-hybridized carbons (Fsp3) is 0.118. The number of nitrogens with one attached hydrogen (secondary N) is 1. The summed E-state index contributed by atoms with van der Waals surface area (Å²) in [4.78, 5) is 11.7. The summed E-state index contributed by atoms with van der Waals surface area (Å²) in [5, 5.41) is 2.74. The van der Waals surface area contributed by atoms with E-state index in [-0.39, 0.29) is 11.7 Å². The lowest BCUT2D eigenvalue weighted by Crippen LogP contribution is -2.23. The smallest absolute Gasteiger partial charge is 0.244 e. The Balaban J connectivity index is 1.80. The van der Waals surface area contributed by atoms with E-state index >= 15 is 0 Å². The molecule has 0 radical (unpaired) electrons. The van der Waals surface area contributed by atoms with E-state index in [9.17, 15) is 9.18 Å². The fourth-order valence-corrected chi connectivity index (χ4v) is 2.09. The Labute approximate surface area is 131 Å². The number of amides is 1. The summed E-state index contributed by atoms with van der Waals surface area (Å²) in [5.74, 6) is -0.425. The van der Waals surface area contributed by atoms with E-state index in [4.69, 9.17) is 0 Å². The van der Waals surface area contributed by atoms with Crippen LogP contribution in [-0.2, 0) is 11.2 Å². The van der Waals surface area contributed by atoms with E-state index < -0.39 is 0 Å². The summed E-state index contributed by atoms with van der Waals surface area (Å²) >= 11 is 3.35. The Morgan fingerprint density at radius 3 is 2.57 bits per heavy atom. The minimum Gasteiger partial charge on any atom is -0.352 e. The molecule has 0 aliphatic heterocycles. The van der Waals surface area contributed by atoms with Crippen molar-refractivity contribution in [3.63, 3.8) is 0 Å². The Hall–Kier alpha value is -1.94. The molecule has 0 saturated carbocycles. The number of hydrogen-bond donors (Lipinski definition) is 1. The van der Waals surface area contributed by atoms with Gasteiger partial charge in [-0.2, -0.15) is 0 Å². The zero-order chi connectivity index (χ0) is 15.1. The quantitative estimate of drug-likeness (QED) is 0.815. The van der Waals surface area contributed by atoms with Crippen molar-refractivity contribution in [2.24, 2.45) is 0 Å². The van der Waals surface area contributed by atoms with Crippen molar-refractivity contribution in [1.82, 2.24) is 5.32 Å². The molecular formula is C17H15BrFNO. The monoisotopic (exact) mass is 347 g/mol. The first-order chi connectivity index (χ1) is 10.1. The molecule has 0 saturated heterocycles. The average molecular weight is 348 g/mol. The second-order valence-corrected chi connectivity index (χ2v) is 5.43. The Morgan fingerprint density at radius 1 is 1.14 bits per heavy atom. The molecule has 0 aliphatic carbocycles. The maximum Gasteiger partial charge on any atom is 0.244 e. The van der Waals surface area contributed by atoms with Crippen molar-refractivity contribution in [2.45, 2.75) is 6.42 Å². The summed E-state index contributed by atoms with van der Waals surface area (Å²) in [7, 11) is 0. The maximum atomic E-state index is 13.4. The first-order valence-electron chi connectivity index (χ1n) is 6.60. The highest BCUT2D eigenvalue weighted by molar-refractivity contribution is 9.10. The molecule has 0 heterocycles. The van der Waals surface area contributed by atoms with Gasteiger partial charge in [0.15, 0.2) is 0 Å². The van der Waals surface area contributed by atoms with Gasteiger partial charge in [-0.25, -0.2) is 4.39 Å². The van der Waals surface area contributed by atoms with Gasteiger partial charge in [0.2, 0.25) is 5.91 Å². The third-order valence-corrected chi connectivity index (χ3v) is 3.48. The average Bonchev–Trinajstić information content (AvgIpc) is 2.49. The number of carbonyl (C=O) groups is 1. The molecule has 108 valence electrons. The molecule has 0 fully saturated rings.